The average Bonchev–Trinajstić information content (AvgIpc) is 2.55. The highest BCUT2D eigenvalue weighted by Crippen LogP contribution is 2.17. The Morgan fingerprint density at radius 1 is 1.22 bits per heavy atom. The summed E-state index contributed by atoms with van der Waals surface area (Å²) in [6.45, 7) is 2.06. The normalized spacial score (nSPS) is 18.7. The van der Waals surface area contributed by atoms with Crippen molar-refractivity contribution >= 4 is 11.6 Å². The lowest BCUT2D eigenvalue weighted by atomic mass is 10.0. The van der Waals surface area contributed by atoms with Gasteiger partial charge in [-0.3, -0.25) is 9.69 Å². The van der Waals surface area contributed by atoms with Crippen LogP contribution in [0.1, 0.15) is 24.8 Å². The third-order valence-electron chi connectivity index (χ3n) is 4.60. The van der Waals surface area contributed by atoms with E-state index in [9.17, 15) is 9.90 Å². The molecule has 1 saturated heterocycles. The summed E-state index contributed by atoms with van der Waals surface area (Å²) in [5.74, 6) is 0.113. The number of benzene rings is 1. The molecule has 1 aliphatic heterocycles. The summed E-state index contributed by atoms with van der Waals surface area (Å²) < 4.78 is 0. The van der Waals surface area contributed by atoms with Crippen LogP contribution in [0.3, 0.4) is 0 Å². The Balaban J connectivity index is 1.89. The van der Waals surface area contributed by atoms with Gasteiger partial charge in [0.15, 0.2) is 0 Å². The van der Waals surface area contributed by atoms with Crippen LogP contribution < -0.4 is 4.90 Å². The number of piperidine rings is 1. The van der Waals surface area contributed by atoms with Crippen molar-refractivity contribution in [3.63, 3.8) is 0 Å². The number of likely N-dealkylation sites (N-methyl/N-ethyl adjacent to an activating group) is 1. The summed E-state index contributed by atoms with van der Waals surface area (Å²) in [6, 6.07) is 8.41. The van der Waals surface area contributed by atoms with E-state index < -0.39 is 0 Å². The monoisotopic (exact) mass is 319 g/mol. The van der Waals surface area contributed by atoms with E-state index in [0.717, 1.165) is 37.1 Å². The van der Waals surface area contributed by atoms with Crippen molar-refractivity contribution in [2.45, 2.75) is 31.8 Å². The molecule has 1 aromatic rings. The van der Waals surface area contributed by atoms with Crippen LogP contribution in [-0.2, 0) is 11.3 Å². The lowest BCUT2D eigenvalue weighted by Gasteiger charge is -2.34. The molecule has 0 aromatic heterocycles. The third-order valence-corrected chi connectivity index (χ3v) is 4.60. The fraction of sp³-hybridized carbons (Fsp3) is 0.611. The number of carbonyl (C=O) groups excluding carboxylic acids is 1. The lowest BCUT2D eigenvalue weighted by Crippen LogP contribution is -2.47. The predicted octanol–water partition coefficient (Wildman–Crippen LogP) is 1.56. The van der Waals surface area contributed by atoms with Crippen molar-refractivity contribution in [3.8, 4) is 0 Å². The minimum absolute atomic E-state index is 0.113. The van der Waals surface area contributed by atoms with Gasteiger partial charge >= 0.3 is 0 Å². The summed E-state index contributed by atoms with van der Waals surface area (Å²) in [7, 11) is 5.88. The molecule has 128 valence electrons. The van der Waals surface area contributed by atoms with Gasteiger partial charge in [-0.1, -0.05) is 18.6 Å². The summed E-state index contributed by atoms with van der Waals surface area (Å²) in [6.07, 6.45) is 3.24. The zero-order chi connectivity index (χ0) is 16.8. The molecule has 0 saturated carbocycles. The Hall–Kier alpha value is -1.59. The zero-order valence-electron chi connectivity index (χ0n) is 14.5. The number of rotatable bonds is 6. The SMILES string of the molecule is CN(Cc1ccc(N(C)C)cc1)C(=O)CN1CCCCC1CO. The Labute approximate surface area is 139 Å². The Morgan fingerprint density at radius 3 is 2.52 bits per heavy atom. The van der Waals surface area contributed by atoms with Gasteiger partial charge in [-0.05, 0) is 37.1 Å². The molecule has 1 unspecified atom stereocenters. The third kappa shape index (κ3) is 4.94. The van der Waals surface area contributed by atoms with Crippen LogP contribution in [0.2, 0.25) is 0 Å². The van der Waals surface area contributed by atoms with Crippen LogP contribution in [0.5, 0.6) is 0 Å². The van der Waals surface area contributed by atoms with Gasteiger partial charge in [-0.15, -0.1) is 0 Å². The van der Waals surface area contributed by atoms with E-state index in [-0.39, 0.29) is 18.6 Å². The van der Waals surface area contributed by atoms with Gasteiger partial charge in [-0.25, -0.2) is 0 Å². The van der Waals surface area contributed by atoms with E-state index in [0.29, 0.717) is 13.1 Å². The zero-order valence-corrected chi connectivity index (χ0v) is 14.5. The maximum Gasteiger partial charge on any atom is 0.236 e. The molecule has 1 heterocycles. The molecule has 5 nitrogen and oxygen atoms in total. The maximum atomic E-state index is 12.4. The number of hydrogen-bond donors (Lipinski definition) is 1. The summed E-state index contributed by atoms with van der Waals surface area (Å²) in [5.41, 5.74) is 2.28. The number of aliphatic hydroxyl groups is 1. The van der Waals surface area contributed by atoms with Gasteiger partial charge in [0.1, 0.15) is 0 Å². The molecule has 0 bridgehead atoms. The van der Waals surface area contributed by atoms with Gasteiger partial charge in [0.2, 0.25) is 5.91 Å². The minimum Gasteiger partial charge on any atom is -0.395 e. The second kappa shape index (κ2) is 8.31. The molecule has 0 radical (unpaired) electrons. The number of amides is 1. The quantitative estimate of drug-likeness (QED) is 0.864. The van der Waals surface area contributed by atoms with E-state index >= 15 is 0 Å². The summed E-state index contributed by atoms with van der Waals surface area (Å²) in [5, 5.41) is 9.45. The number of aliphatic hydroxyl groups excluding tert-OH is 1. The molecule has 1 N–H and O–H groups in total. The van der Waals surface area contributed by atoms with E-state index in [1.54, 1.807) is 4.90 Å². The standard InChI is InChI=1S/C18H29N3O2/c1-19(2)16-9-7-15(8-10-16)12-20(3)18(23)13-21-11-5-4-6-17(21)14-22/h7-10,17,22H,4-6,11-14H2,1-3H3. The molecule has 23 heavy (non-hydrogen) atoms. The highest BCUT2D eigenvalue weighted by molar-refractivity contribution is 5.78. The molecule has 1 aromatic carbocycles. The maximum absolute atomic E-state index is 12.4. The van der Waals surface area contributed by atoms with Gasteiger partial charge in [0.25, 0.3) is 0 Å². The highest BCUT2D eigenvalue weighted by atomic mass is 16.3. The predicted molar refractivity (Wildman–Crippen MR) is 93.5 cm³/mol. The van der Waals surface area contributed by atoms with Gasteiger partial charge < -0.3 is 14.9 Å². The Morgan fingerprint density at radius 2 is 1.91 bits per heavy atom. The molecule has 1 aliphatic rings. The van der Waals surface area contributed by atoms with Gasteiger partial charge in [0, 0.05) is 39.4 Å². The summed E-state index contributed by atoms with van der Waals surface area (Å²) in [4.78, 5) is 18.4. The van der Waals surface area contributed by atoms with Gasteiger partial charge in [0.05, 0.1) is 13.2 Å². The van der Waals surface area contributed by atoms with Crippen LogP contribution in [0.15, 0.2) is 24.3 Å². The van der Waals surface area contributed by atoms with Crippen molar-refractivity contribution in [1.29, 1.82) is 0 Å². The number of carbonyl (C=O) groups is 1. The molecule has 0 aliphatic carbocycles. The first-order valence-corrected chi connectivity index (χ1v) is 8.36. The molecular weight excluding hydrogens is 290 g/mol. The van der Waals surface area contributed by atoms with Crippen molar-refractivity contribution in [2.75, 3.05) is 45.7 Å². The second-order valence-corrected chi connectivity index (χ2v) is 6.61. The molecular formula is C18H29N3O2. The Kier molecular flexibility index (Phi) is 6.42. The fourth-order valence-electron chi connectivity index (χ4n) is 3.03. The average molecular weight is 319 g/mol. The molecule has 0 spiro atoms. The van der Waals surface area contributed by atoms with Crippen molar-refractivity contribution in [3.05, 3.63) is 29.8 Å². The largest absolute Gasteiger partial charge is 0.395 e. The van der Waals surface area contributed by atoms with E-state index in [1.165, 1.54) is 0 Å². The van der Waals surface area contributed by atoms with Crippen LogP contribution >= 0.6 is 0 Å². The number of hydrogen-bond acceptors (Lipinski definition) is 4. The van der Waals surface area contributed by atoms with Crippen molar-refractivity contribution < 1.29 is 9.90 Å². The second-order valence-electron chi connectivity index (χ2n) is 6.61. The number of nitrogens with zero attached hydrogens (tertiary/aromatic N) is 3. The lowest BCUT2D eigenvalue weighted by molar-refractivity contribution is -0.132. The van der Waals surface area contributed by atoms with Crippen LogP contribution in [0.4, 0.5) is 5.69 Å². The number of likely N-dealkylation sites (tertiary alicyclic amines) is 1. The first-order valence-electron chi connectivity index (χ1n) is 8.36. The van der Waals surface area contributed by atoms with E-state index in [2.05, 4.69) is 34.1 Å². The van der Waals surface area contributed by atoms with Crippen molar-refractivity contribution in [1.82, 2.24) is 9.80 Å². The Bertz CT molecular complexity index is 501. The van der Waals surface area contributed by atoms with Crippen molar-refractivity contribution in [2.24, 2.45) is 0 Å². The van der Waals surface area contributed by atoms with E-state index in [1.807, 2.05) is 21.1 Å². The smallest absolute Gasteiger partial charge is 0.236 e. The first kappa shape index (κ1) is 17.8. The van der Waals surface area contributed by atoms with Gasteiger partial charge in [-0.2, -0.15) is 0 Å². The molecule has 2 rings (SSSR count). The summed E-state index contributed by atoms with van der Waals surface area (Å²) >= 11 is 0. The molecule has 1 atom stereocenters. The number of anilines is 1. The van der Waals surface area contributed by atoms with Crippen LogP contribution in [0, 0.1) is 0 Å². The molecule has 5 heteroatoms. The van der Waals surface area contributed by atoms with E-state index in [4.69, 9.17) is 0 Å². The van der Waals surface area contributed by atoms with Crippen LogP contribution in [-0.4, -0.2) is 67.7 Å². The van der Waals surface area contributed by atoms with Crippen LogP contribution in [0.25, 0.3) is 0 Å². The minimum atomic E-state index is 0.113. The first-order chi connectivity index (χ1) is 11.0. The highest BCUT2D eigenvalue weighted by Gasteiger charge is 2.24. The molecule has 1 fully saturated rings. The molecule has 1 amide bonds. The topological polar surface area (TPSA) is 47.0 Å². The fourth-order valence-corrected chi connectivity index (χ4v) is 3.03.